The van der Waals surface area contributed by atoms with Gasteiger partial charge in [0.1, 0.15) is 0 Å². The molecule has 0 aliphatic carbocycles. The largest absolute Gasteiger partial charge is 0.392 e. The molecule has 4 atom stereocenters. The number of amides is 2. The van der Waals surface area contributed by atoms with Gasteiger partial charge in [-0.05, 0) is 69.4 Å². The van der Waals surface area contributed by atoms with Crippen LogP contribution in [0.5, 0.6) is 0 Å². The molecule has 1 aliphatic heterocycles. The summed E-state index contributed by atoms with van der Waals surface area (Å²) >= 11 is 1.55. The van der Waals surface area contributed by atoms with Gasteiger partial charge < -0.3 is 25.2 Å². The first kappa shape index (κ1) is 32.4. The second kappa shape index (κ2) is 15.4. The van der Waals surface area contributed by atoms with E-state index < -0.39 is 6.29 Å². The number of ether oxygens (including phenoxy) is 2. The third-order valence-corrected chi connectivity index (χ3v) is 9.16. The first-order valence-corrected chi connectivity index (χ1v) is 16.7. The zero-order valence-electron chi connectivity index (χ0n) is 26.3. The monoisotopic (exact) mass is 650 g/mol. The van der Waals surface area contributed by atoms with E-state index in [9.17, 15) is 9.90 Å². The molecule has 242 valence electrons. The maximum absolute atomic E-state index is 11.9. The van der Waals surface area contributed by atoms with Crippen LogP contribution in [0.3, 0.4) is 0 Å². The molecule has 10 nitrogen and oxygen atoms in total. The Kier molecular flexibility index (Phi) is 10.6. The fourth-order valence-electron chi connectivity index (χ4n) is 5.60. The SMILES string of the molecule is CCNC(=O)NCc1cccc(-c2cccc([C@@H]3O[C@H](CSc4nnnn4-c4ccccc4)[C@H](C)[C@H](c4ccc(CO)cc4)O3)c2)c1. The molecule has 0 unspecified atom stereocenters. The number of rotatable bonds is 11. The Morgan fingerprint density at radius 3 is 2.40 bits per heavy atom. The quantitative estimate of drug-likeness (QED) is 0.144. The minimum Gasteiger partial charge on any atom is -0.392 e. The van der Waals surface area contributed by atoms with Gasteiger partial charge in [0.25, 0.3) is 0 Å². The maximum Gasteiger partial charge on any atom is 0.315 e. The molecule has 11 heteroatoms. The lowest BCUT2D eigenvalue weighted by atomic mass is 9.91. The van der Waals surface area contributed by atoms with Gasteiger partial charge in [0.15, 0.2) is 6.29 Å². The van der Waals surface area contributed by atoms with Crippen molar-refractivity contribution in [2.24, 2.45) is 5.92 Å². The van der Waals surface area contributed by atoms with Gasteiger partial charge in [-0.25, -0.2) is 4.79 Å². The average molecular weight is 651 g/mol. The molecule has 1 saturated heterocycles. The highest BCUT2D eigenvalue weighted by Gasteiger charge is 2.38. The molecule has 6 rings (SSSR count). The highest BCUT2D eigenvalue weighted by molar-refractivity contribution is 7.99. The second-order valence-corrected chi connectivity index (χ2v) is 12.4. The fraction of sp³-hybridized carbons (Fsp3) is 0.278. The van der Waals surface area contributed by atoms with Gasteiger partial charge in [0.05, 0.1) is 24.5 Å². The number of carbonyl (C=O) groups is 1. The number of aliphatic hydroxyl groups excluding tert-OH is 1. The predicted octanol–water partition coefficient (Wildman–Crippen LogP) is 6.22. The molecular formula is C36H38N6O4S. The van der Waals surface area contributed by atoms with Gasteiger partial charge in [-0.2, -0.15) is 4.68 Å². The number of carbonyl (C=O) groups excluding carboxylic acids is 1. The van der Waals surface area contributed by atoms with Crippen molar-refractivity contribution in [2.45, 2.75) is 50.7 Å². The van der Waals surface area contributed by atoms with E-state index in [1.807, 2.05) is 85.8 Å². The van der Waals surface area contributed by atoms with Crippen molar-refractivity contribution < 1.29 is 19.4 Å². The Morgan fingerprint density at radius 1 is 0.872 bits per heavy atom. The molecule has 0 saturated carbocycles. The van der Waals surface area contributed by atoms with Crippen molar-refractivity contribution in [3.8, 4) is 16.8 Å². The van der Waals surface area contributed by atoms with Crippen LogP contribution in [0.2, 0.25) is 0 Å². The summed E-state index contributed by atoms with van der Waals surface area (Å²) in [4.78, 5) is 11.9. The molecule has 47 heavy (non-hydrogen) atoms. The van der Waals surface area contributed by atoms with Crippen LogP contribution in [0.4, 0.5) is 4.79 Å². The second-order valence-electron chi connectivity index (χ2n) is 11.4. The van der Waals surface area contributed by atoms with Crippen molar-refractivity contribution >= 4 is 17.8 Å². The van der Waals surface area contributed by atoms with E-state index in [1.165, 1.54) is 0 Å². The maximum atomic E-state index is 11.9. The van der Waals surface area contributed by atoms with E-state index in [1.54, 1.807) is 16.4 Å². The number of hydrogen-bond donors (Lipinski definition) is 3. The van der Waals surface area contributed by atoms with E-state index in [2.05, 4.69) is 57.3 Å². The van der Waals surface area contributed by atoms with Gasteiger partial charge in [0, 0.05) is 30.3 Å². The van der Waals surface area contributed by atoms with Gasteiger partial charge >= 0.3 is 6.03 Å². The van der Waals surface area contributed by atoms with E-state index in [0.29, 0.717) is 24.0 Å². The summed E-state index contributed by atoms with van der Waals surface area (Å²) in [5.74, 6) is 0.622. The lowest BCUT2D eigenvalue weighted by molar-refractivity contribution is -0.268. The summed E-state index contributed by atoms with van der Waals surface area (Å²) in [6.45, 7) is 5.01. The third-order valence-electron chi connectivity index (χ3n) is 8.15. The van der Waals surface area contributed by atoms with Crippen LogP contribution in [0, 0.1) is 5.92 Å². The van der Waals surface area contributed by atoms with Gasteiger partial charge in [0.2, 0.25) is 5.16 Å². The van der Waals surface area contributed by atoms with Crippen LogP contribution in [-0.4, -0.2) is 49.7 Å². The first-order valence-electron chi connectivity index (χ1n) is 15.7. The van der Waals surface area contributed by atoms with Crippen LogP contribution in [0.1, 0.15) is 48.5 Å². The topological polar surface area (TPSA) is 123 Å². The minimum absolute atomic E-state index is 0.0112. The molecule has 0 radical (unpaired) electrons. The number of hydrogen-bond acceptors (Lipinski definition) is 8. The van der Waals surface area contributed by atoms with Gasteiger partial charge in [-0.15, -0.1) is 5.10 Å². The summed E-state index contributed by atoms with van der Waals surface area (Å²) in [7, 11) is 0. The molecule has 1 aliphatic rings. The number of aliphatic hydroxyl groups is 1. The molecule has 3 N–H and O–H groups in total. The number of tetrazole rings is 1. The summed E-state index contributed by atoms with van der Waals surface area (Å²) < 4.78 is 15.2. The van der Waals surface area contributed by atoms with Crippen LogP contribution in [0.25, 0.3) is 16.8 Å². The number of aromatic nitrogens is 4. The van der Waals surface area contributed by atoms with Crippen LogP contribution in [0.15, 0.2) is 108 Å². The van der Waals surface area contributed by atoms with Crippen molar-refractivity contribution in [3.05, 3.63) is 125 Å². The smallest absolute Gasteiger partial charge is 0.315 e. The van der Waals surface area contributed by atoms with E-state index >= 15 is 0 Å². The Bertz CT molecular complexity index is 1770. The van der Waals surface area contributed by atoms with Crippen molar-refractivity contribution in [2.75, 3.05) is 12.3 Å². The van der Waals surface area contributed by atoms with Crippen LogP contribution >= 0.6 is 11.8 Å². The highest BCUT2D eigenvalue weighted by atomic mass is 32.2. The van der Waals surface area contributed by atoms with Crippen molar-refractivity contribution in [1.29, 1.82) is 0 Å². The number of benzene rings is 4. The van der Waals surface area contributed by atoms with Crippen molar-refractivity contribution in [3.63, 3.8) is 0 Å². The Hall–Kier alpha value is -4.55. The number of urea groups is 1. The zero-order valence-corrected chi connectivity index (χ0v) is 27.1. The molecule has 2 amide bonds. The first-order chi connectivity index (χ1) is 23.0. The summed E-state index contributed by atoms with van der Waals surface area (Å²) in [5, 5.41) is 28.4. The summed E-state index contributed by atoms with van der Waals surface area (Å²) in [6, 6.07) is 33.9. The molecule has 0 spiro atoms. The van der Waals surface area contributed by atoms with E-state index in [-0.39, 0.29) is 30.8 Å². The molecule has 0 bridgehead atoms. The van der Waals surface area contributed by atoms with Crippen molar-refractivity contribution in [1.82, 2.24) is 30.8 Å². The molecule has 1 aromatic heterocycles. The molecule has 5 aromatic rings. The Balaban J connectivity index is 1.25. The van der Waals surface area contributed by atoms with E-state index in [4.69, 9.17) is 9.47 Å². The van der Waals surface area contributed by atoms with Crippen LogP contribution in [-0.2, 0) is 22.6 Å². The molecule has 1 fully saturated rings. The lowest BCUT2D eigenvalue weighted by Crippen LogP contribution is -2.38. The highest BCUT2D eigenvalue weighted by Crippen LogP contribution is 2.43. The number of para-hydroxylation sites is 1. The molecule has 4 aromatic carbocycles. The lowest BCUT2D eigenvalue weighted by Gasteiger charge is -2.41. The average Bonchev–Trinajstić information content (AvgIpc) is 3.60. The summed E-state index contributed by atoms with van der Waals surface area (Å²) in [5.41, 5.74) is 6.71. The molecular weight excluding hydrogens is 613 g/mol. The van der Waals surface area contributed by atoms with E-state index in [0.717, 1.165) is 39.1 Å². The van der Waals surface area contributed by atoms with Crippen LogP contribution < -0.4 is 10.6 Å². The number of thioether (sulfide) groups is 1. The summed E-state index contributed by atoms with van der Waals surface area (Å²) in [6.07, 6.45) is -1.05. The standard InChI is InChI=1S/C36H38N6O4S/c1-3-37-35(44)38-21-26-9-7-10-28(19-26)29-11-8-12-30(20-29)34-45-32(24(2)33(46-34)27-17-15-25(22-43)16-18-27)23-47-36-39-40-41-42(36)31-13-5-4-6-14-31/h4-20,24,32-34,43H,3,21-23H2,1-2H3,(H2,37,38,44)/t24-,32+,33+,34+/m0/s1. The number of nitrogens with one attached hydrogen (secondary N) is 2. The predicted molar refractivity (Wildman–Crippen MR) is 181 cm³/mol. The minimum atomic E-state index is -0.619. The Labute approximate surface area is 278 Å². The third kappa shape index (κ3) is 7.88. The number of nitrogens with zero attached hydrogens (tertiary/aromatic N) is 4. The normalized spacial score (nSPS) is 19.3. The fourth-order valence-corrected chi connectivity index (χ4v) is 6.65. The molecule has 2 heterocycles. The Morgan fingerprint density at radius 2 is 1.64 bits per heavy atom. The van der Waals surface area contributed by atoms with Gasteiger partial charge in [-0.3, -0.25) is 0 Å². The van der Waals surface area contributed by atoms with Gasteiger partial charge in [-0.1, -0.05) is 97.5 Å². The zero-order chi connectivity index (χ0) is 32.6.